The van der Waals surface area contributed by atoms with E-state index in [-0.39, 0.29) is 0 Å². The van der Waals surface area contributed by atoms with Crippen LogP contribution in [0.3, 0.4) is 0 Å². The Morgan fingerprint density at radius 1 is 0.388 bits per heavy atom. The fraction of sp³-hybridized carbons (Fsp3) is 0. The Morgan fingerprint density at radius 3 is 1.84 bits per heavy atom. The monoisotopic (exact) mass is 641 g/mol. The number of benzene rings is 9. The van der Waals surface area contributed by atoms with Gasteiger partial charge in [0.1, 0.15) is 11.2 Å². The summed E-state index contributed by atoms with van der Waals surface area (Å²) in [6.07, 6.45) is 0. The summed E-state index contributed by atoms with van der Waals surface area (Å²) in [5.74, 6) is 0. The van der Waals surface area contributed by atoms with Crippen LogP contribution in [0.4, 0.5) is 17.1 Å². The average Bonchev–Trinajstić information content (AvgIpc) is 3.73. The van der Waals surface area contributed by atoms with Crippen molar-refractivity contribution >= 4 is 114 Å². The van der Waals surface area contributed by atoms with Gasteiger partial charge in [0.15, 0.2) is 0 Å². The number of para-hydroxylation sites is 1. The Hall–Kier alpha value is -6.16. The van der Waals surface area contributed by atoms with E-state index in [1.807, 2.05) is 17.4 Å². The van der Waals surface area contributed by atoms with Gasteiger partial charge in [-0.2, -0.15) is 0 Å². The third-order valence-corrected chi connectivity index (χ3v) is 11.4. The lowest BCUT2D eigenvalue weighted by Gasteiger charge is -2.27. The van der Waals surface area contributed by atoms with Crippen molar-refractivity contribution in [2.75, 3.05) is 4.90 Å². The molecule has 49 heavy (non-hydrogen) atoms. The van der Waals surface area contributed by atoms with Gasteiger partial charge in [0.05, 0.1) is 11.1 Å². The first-order chi connectivity index (χ1) is 24.3. The number of rotatable bonds is 3. The van der Waals surface area contributed by atoms with Crippen molar-refractivity contribution in [2.24, 2.45) is 0 Å². The quantitative estimate of drug-likeness (QED) is 0.179. The minimum atomic E-state index is 0.885. The predicted octanol–water partition coefficient (Wildman–Crippen LogP) is 14.0. The first-order valence-corrected chi connectivity index (χ1v) is 17.5. The Balaban J connectivity index is 1.21. The molecule has 0 fully saturated rings. The SMILES string of the molecule is c1ccc2c(c1)ccc1c3cc(N(c4ccc5c(c4)sc4c6ccccc6ccc54)c4cccc5oc6ccccc6c45)ccc3ccc21. The van der Waals surface area contributed by atoms with Gasteiger partial charge < -0.3 is 9.32 Å². The van der Waals surface area contributed by atoms with Crippen LogP contribution >= 0.6 is 11.3 Å². The van der Waals surface area contributed by atoms with Gasteiger partial charge in [-0.25, -0.2) is 0 Å². The van der Waals surface area contributed by atoms with Crippen LogP contribution in [0.25, 0.3) is 85.2 Å². The number of anilines is 3. The molecule has 0 aliphatic carbocycles. The third-order valence-electron chi connectivity index (χ3n) is 10.2. The van der Waals surface area contributed by atoms with Gasteiger partial charge in [-0.1, -0.05) is 121 Å². The van der Waals surface area contributed by atoms with Crippen LogP contribution < -0.4 is 4.90 Å². The smallest absolute Gasteiger partial charge is 0.137 e. The van der Waals surface area contributed by atoms with Crippen LogP contribution in [0.5, 0.6) is 0 Å². The topological polar surface area (TPSA) is 16.4 Å². The molecule has 228 valence electrons. The van der Waals surface area contributed by atoms with Crippen molar-refractivity contribution in [3.8, 4) is 0 Å². The number of hydrogen-bond donors (Lipinski definition) is 0. The van der Waals surface area contributed by atoms with Crippen molar-refractivity contribution < 1.29 is 4.42 Å². The van der Waals surface area contributed by atoms with Crippen LogP contribution in [0.15, 0.2) is 168 Å². The Kier molecular flexibility index (Phi) is 5.57. The van der Waals surface area contributed by atoms with Crippen molar-refractivity contribution in [1.29, 1.82) is 0 Å². The standard InChI is InChI=1S/C46H27NOS/c1-3-10-33-28(8-1)17-23-36-35(33)22-18-30-16-20-31(26-40(30)36)47(41-13-7-15-43-45(41)39-12-5-6-14-42(39)48-43)32-21-25-37-38-24-19-29-9-2-4-11-34(29)46(38)49-44(37)27-32/h1-27H. The van der Waals surface area contributed by atoms with E-state index >= 15 is 0 Å². The maximum atomic E-state index is 6.41. The summed E-state index contributed by atoms with van der Waals surface area (Å²) in [5.41, 5.74) is 5.10. The fourth-order valence-corrected chi connectivity index (χ4v) is 9.22. The van der Waals surface area contributed by atoms with Crippen molar-refractivity contribution in [3.05, 3.63) is 164 Å². The molecule has 0 N–H and O–H groups in total. The molecule has 11 aromatic rings. The summed E-state index contributed by atoms with van der Waals surface area (Å²) in [5, 5.41) is 15.0. The lowest BCUT2D eigenvalue weighted by molar-refractivity contribution is 0.669. The second-order valence-corrected chi connectivity index (χ2v) is 13.9. The molecule has 0 atom stereocenters. The highest BCUT2D eigenvalue weighted by molar-refractivity contribution is 7.26. The lowest BCUT2D eigenvalue weighted by atomic mass is 9.96. The zero-order chi connectivity index (χ0) is 32.1. The van der Waals surface area contributed by atoms with Crippen LogP contribution in [-0.4, -0.2) is 0 Å². The second-order valence-electron chi connectivity index (χ2n) is 12.9. The molecule has 0 saturated carbocycles. The maximum Gasteiger partial charge on any atom is 0.137 e. The molecule has 2 aromatic heterocycles. The molecule has 2 heterocycles. The number of furan rings is 1. The van der Waals surface area contributed by atoms with Crippen LogP contribution in [-0.2, 0) is 0 Å². The summed E-state index contributed by atoms with van der Waals surface area (Å²) in [7, 11) is 0. The highest BCUT2D eigenvalue weighted by atomic mass is 32.1. The van der Waals surface area contributed by atoms with E-state index < -0.39 is 0 Å². The normalized spacial score (nSPS) is 12.1. The number of hydrogen-bond acceptors (Lipinski definition) is 3. The van der Waals surface area contributed by atoms with Gasteiger partial charge in [0, 0.05) is 36.9 Å². The summed E-state index contributed by atoms with van der Waals surface area (Å²) in [4.78, 5) is 2.42. The van der Waals surface area contributed by atoms with Crippen molar-refractivity contribution in [3.63, 3.8) is 0 Å². The van der Waals surface area contributed by atoms with Gasteiger partial charge in [-0.3, -0.25) is 0 Å². The van der Waals surface area contributed by atoms with E-state index in [0.717, 1.165) is 39.0 Å². The van der Waals surface area contributed by atoms with E-state index in [9.17, 15) is 0 Å². The van der Waals surface area contributed by atoms with Gasteiger partial charge in [-0.05, 0) is 85.6 Å². The summed E-state index contributed by atoms with van der Waals surface area (Å²) >= 11 is 1.88. The molecule has 0 aliphatic rings. The second kappa shape index (κ2) is 10.2. The highest BCUT2D eigenvalue weighted by Gasteiger charge is 2.21. The number of thiophene rings is 1. The molecule has 0 spiro atoms. The van der Waals surface area contributed by atoms with Crippen LogP contribution in [0, 0.1) is 0 Å². The molecular formula is C46H27NOS. The first-order valence-electron chi connectivity index (χ1n) is 16.7. The maximum absolute atomic E-state index is 6.41. The zero-order valence-corrected chi connectivity index (χ0v) is 27.2. The number of fused-ring (bicyclic) bond motifs is 13. The van der Waals surface area contributed by atoms with E-state index in [1.54, 1.807) is 0 Å². The molecule has 0 unspecified atom stereocenters. The Labute approximate surface area is 285 Å². The summed E-state index contributed by atoms with van der Waals surface area (Å²) < 4.78 is 9.02. The van der Waals surface area contributed by atoms with E-state index in [4.69, 9.17) is 4.42 Å². The van der Waals surface area contributed by atoms with Crippen LogP contribution in [0.2, 0.25) is 0 Å². The van der Waals surface area contributed by atoms with Gasteiger partial charge in [0.25, 0.3) is 0 Å². The van der Waals surface area contributed by atoms with Gasteiger partial charge >= 0.3 is 0 Å². The molecule has 0 radical (unpaired) electrons. The van der Waals surface area contributed by atoms with E-state index in [2.05, 4.69) is 163 Å². The number of nitrogens with zero attached hydrogens (tertiary/aromatic N) is 1. The molecule has 0 amide bonds. The Bertz CT molecular complexity index is 3130. The minimum absolute atomic E-state index is 0.885. The largest absolute Gasteiger partial charge is 0.456 e. The highest BCUT2D eigenvalue weighted by Crippen LogP contribution is 2.46. The molecule has 9 aromatic carbocycles. The molecule has 0 aliphatic heterocycles. The predicted molar refractivity (Wildman–Crippen MR) is 211 cm³/mol. The fourth-order valence-electron chi connectivity index (χ4n) is 7.95. The lowest BCUT2D eigenvalue weighted by Crippen LogP contribution is -2.10. The van der Waals surface area contributed by atoms with Crippen molar-refractivity contribution in [1.82, 2.24) is 0 Å². The van der Waals surface area contributed by atoms with Gasteiger partial charge in [-0.15, -0.1) is 11.3 Å². The summed E-state index contributed by atoms with van der Waals surface area (Å²) in [6.45, 7) is 0. The Morgan fingerprint density at radius 2 is 0.980 bits per heavy atom. The third kappa shape index (κ3) is 3.94. The minimum Gasteiger partial charge on any atom is -0.456 e. The zero-order valence-electron chi connectivity index (χ0n) is 26.4. The van der Waals surface area contributed by atoms with Gasteiger partial charge in [0.2, 0.25) is 0 Å². The first kappa shape index (κ1) is 26.9. The van der Waals surface area contributed by atoms with E-state index in [0.29, 0.717) is 0 Å². The van der Waals surface area contributed by atoms with Crippen LogP contribution in [0.1, 0.15) is 0 Å². The summed E-state index contributed by atoms with van der Waals surface area (Å²) in [6, 6.07) is 59.6. The van der Waals surface area contributed by atoms with Crippen molar-refractivity contribution in [2.45, 2.75) is 0 Å². The average molecular weight is 642 g/mol. The molecular weight excluding hydrogens is 615 g/mol. The molecule has 0 bridgehead atoms. The molecule has 2 nitrogen and oxygen atoms in total. The van der Waals surface area contributed by atoms with E-state index in [1.165, 1.54) is 63.3 Å². The molecule has 3 heteroatoms. The molecule has 11 rings (SSSR count). The molecule has 0 saturated heterocycles.